The summed E-state index contributed by atoms with van der Waals surface area (Å²) in [7, 11) is -3.82. The van der Waals surface area contributed by atoms with E-state index in [2.05, 4.69) is 30.5 Å². The minimum Gasteiger partial charge on any atom is -0.302 e. The molecule has 0 fully saturated rings. The van der Waals surface area contributed by atoms with E-state index in [1.165, 1.54) is 24.1 Å². The van der Waals surface area contributed by atoms with Crippen LogP contribution in [0, 0.1) is 0 Å². The third kappa shape index (κ3) is 3.55. The molecule has 2 heterocycles. The number of aromatic nitrogens is 5. The van der Waals surface area contributed by atoms with E-state index in [4.69, 9.17) is 0 Å². The van der Waals surface area contributed by atoms with Crippen molar-refractivity contribution in [1.82, 2.24) is 25.2 Å². The van der Waals surface area contributed by atoms with Crippen molar-refractivity contribution >= 4 is 38.1 Å². The van der Waals surface area contributed by atoms with Crippen molar-refractivity contribution in [3.63, 3.8) is 0 Å². The maximum absolute atomic E-state index is 12.4. The summed E-state index contributed by atoms with van der Waals surface area (Å²) in [6, 6.07) is 6.59. The van der Waals surface area contributed by atoms with Gasteiger partial charge in [-0.1, -0.05) is 17.4 Å². The van der Waals surface area contributed by atoms with Crippen LogP contribution in [0.5, 0.6) is 0 Å². The van der Waals surface area contributed by atoms with Gasteiger partial charge in [0.15, 0.2) is 9.34 Å². The normalized spacial score (nSPS) is 11.2. The molecule has 3 rings (SSSR count). The fourth-order valence-electron chi connectivity index (χ4n) is 1.79. The first kappa shape index (κ1) is 16.0. The Bertz CT molecular complexity index is 966. The summed E-state index contributed by atoms with van der Waals surface area (Å²) in [6.07, 6.45) is 2.58. The number of tetrazole rings is 1. The van der Waals surface area contributed by atoms with Gasteiger partial charge in [-0.2, -0.15) is 0 Å². The molecule has 0 unspecified atom stereocenters. The fraction of sp³-hybridized carbons (Fsp3) is 0.0833. The molecule has 24 heavy (non-hydrogen) atoms. The van der Waals surface area contributed by atoms with Crippen LogP contribution < -0.4 is 10.0 Å². The Kier molecular flexibility index (Phi) is 4.22. The average molecular weight is 365 g/mol. The number of thiazole rings is 1. The molecule has 0 saturated heterocycles. The van der Waals surface area contributed by atoms with Crippen LogP contribution in [0.2, 0.25) is 0 Å². The third-order valence-electron chi connectivity index (χ3n) is 2.74. The molecule has 0 bridgehead atoms. The molecule has 0 aliphatic carbocycles. The molecule has 2 N–H and O–H groups in total. The summed E-state index contributed by atoms with van der Waals surface area (Å²) in [6.45, 7) is 1.32. The second-order valence-electron chi connectivity index (χ2n) is 4.58. The van der Waals surface area contributed by atoms with E-state index >= 15 is 0 Å². The molecule has 0 aliphatic rings. The van der Waals surface area contributed by atoms with Crippen LogP contribution in [0.3, 0.4) is 0 Å². The standard InChI is InChI=1S/C12H11N7O3S2/c1-8(20)15-12-13-6-11(23-12)24(21,22)16-9-3-2-4-10(5-9)19-7-14-17-18-19/h2-7,16H,1H3,(H,13,15,20). The zero-order valence-electron chi connectivity index (χ0n) is 12.2. The van der Waals surface area contributed by atoms with Gasteiger partial charge in [-0.25, -0.2) is 18.1 Å². The Balaban J connectivity index is 1.83. The molecule has 2 aromatic heterocycles. The van der Waals surface area contributed by atoms with Crippen molar-refractivity contribution in [2.75, 3.05) is 10.0 Å². The molecular weight excluding hydrogens is 354 g/mol. The first-order valence-electron chi connectivity index (χ1n) is 6.54. The highest BCUT2D eigenvalue weighted by Gasteiger charge is 2.19. The summed E-state index contributed by atoms with van der Waals surface area (Å²) in [4.78, 5) is 14.8. The highest BCUT2D eigenvalue weighted by atomic mass is 32.2. The smallest absolute Gasteiger partial charge is 0.273 e. The van der Waals surface area contributed by atoms with Crippen LogP contribution in [0.4, 0.5) is 10.8 Å². The monoisotopic (exact) mass is 365 g/mol. The number of hydrogen-bond donors (Lipinski definition) is 2. The molecule has 3 aromatic rings. The second kappa shape index (κ2) is 6.33. The zero-order valence-corrected chi connectivity index (χ0v) is 13.9. The molecule has 124 valence electrons. The van der Waals surface area contributed by atoms with Crippen LogP contribution in [0.1, 0.15) is 6.92 Å². The van der Waals surface area contributed by atoms with Crippen molar-refractivity contribution < 1.29 is 13.2 Å². The molecule has 0 saturated carbocycles. The third-order valence-corrected chi connectivity index (χ3v) is 5.50. The van der Waals surface area contributed by atoms with Crippen molar-refractivity contribution in [3.8, 4) is 5.69 Å². The average Bonchev–Trinajstić information content (AvgIpc) is 3.17. The van der Waals surface area contributed by atoms with E-state index in [0.29, 0.717) is 11.4 Å². The maximum Gasteiger partial charge on any atom is 0.273 e. The molecule has 1 amide bonds. The van der Waals surface area contributed by atoms with Gasteiger partial charge in [0.1, 0.15) is 6.33 Å². The molecule has 12 heteroatoms. The quantitative estimate of drug-likeness (QED) is 0.686. The van der Waals surface area contributed by atoms with Gasteiger partial charge in [0.2, 0.25) is 5.91 Å². The molecule has 0 aliphatic heterocycles. The van der Waals surface area contributed by atoms with Crippen LogP contribution in [-0.4, -0.2) is 39.5 Å². The van der Waals surface area contributed by atoms with Crippen molar-refractivity contribution in [1.29, 1.82) is 0 Å². The van der Waals surface area contributed by atoms with Gasteiger partial charge in [0.25, 0.3) is 10.0 Å². The van der Waals surface area contributed by atoms with Gasteiger partial charge in [0, 0.05) is 6.92 Å². The number of carbonyl (C=O) groups excluding carboxylic acids is 1. The molecule has 0 radical (unpaired) electrons. The number of hydrogen-bond acceptors (Lipinski definition) is 8. The van der Waals surface area contributed by atoms with E-state index in [-0.39, 0.29) is 15.2 Å². The molecular formula is C12H11N7O3S2. The number of carbonyl (C=O) groups is 1. The lowest BCUT2D eigenvalue weighted by atomic mass is 10.3. The van der Waals surface area contributed by atoms with Gasteiger partial charge < -0.3 is 5.32 Å². The van der Waals surface area contributed by atoms with Gasteiger partial charge in [-0.05, 0) is 28.6 Å². The Morgan fingerprint density at radius 2 is 2.17 bits per heavy atom. The van der Waals surface area contributed by atoms with E-state index in [1.807, 2.05) is 0 Å². The Hall–Kier alpha value is -2.86. The Labute approximate surface area is 140 Å². The Morgan fingerprint density at radius 3 is 2.88 bits per heavy atom. The number of rotatable bonds is 5. The molecule has 0 spiro atoms. The number of nitrogens with one attached hydrogen (secondary N) is 2. The predicted molar refractivity (Wildman–Crippen MR) is 86.4 cm³/mol. The Morgan fingerprint density at radius 1 is 1.33 bits per heavy atom. The van der Waals surface area contributed by atoms with Crippen molar-refractivity contribution in [3.05, 3.63) is 36.8 Å². The molecule has 1 aromatic carbocycles. The van der Waals surface area contributed by atoms with Crippen LogP contribution in [0.15, 0.2) is 41.0 Å². The minimum absolute atomic E-state index is 0.0147. The van der Waals surface area contributed by atoms with Crippen LogP contribution >= 0.6 is 11.3 Å². The number of benzene rings is 1. The van der Waals surface area contributed by atoms with Gasteiger partial charge in [-0.15, -0.1) is 5.10 Å². The zero-order chi connectivity index (χ0) is 17.2. The lowest BCUT2D eigenvalue weighted by Crippen LogP contribution is -2.11. The number of amides is 1. The first-order valence-corrected chi connectivity index (χ1v) is 8.84. The van der Waals surface area contributed by atoms with Gasteiger partial charge in [0.05, 0.1) is 17.6 Å². The highest BCUT2D eigenvalue weighted by molar-refractivity contribution is 7.94. The summed E-state index contributed by atoms with van der Waals surface area (Å²) < 4.78 is 28.6. The number of sulfonamides is 1. The van der Waals surface area contributed by atoms with Gasteiger partial charge >= 0.3 is 0 Å². The van der Waals surface area contributed by atoms with Crippen molar-refractivity contribution in [2.24, 2.45) is 0 Å². The summed E-state index contributed by atoms with van der Waals surface area (Å²) in [5.41, 5.74) is 0.945. The van der Waals surface area contributed by atoms with E-state index in [0.717, 1.165) is 11.3 Å². The highest BCUT2D eigenvalue weighted by Crippen LogP contribution is 2.25. The summed E-state index contributed by atoms with van der Waals surface area (Å²) in [5, 5.41) is 13.5. The fourth-order valence-corrected chi connectivity index (χ4v) is 3.91. The number of nitrogens with zero attached hydrogens (tertiary/aromatic N) is 5. The molecule has 10 nitrogen and oxygen atoms in total. The SMILES string of the molecule is CC(=O)Nc1ncc(S(=O)(=O)Nc2cccc(-n3cnnn3)c2)s1. The number of anilines is 2. The van der Waals surface area contributed by atoms with E-state index in [9.17, 15) is 13.2 Å². The van der Waals surface area contributed by atoms with Crippen LogP contribution in [0.25, 0.3) is 5.69 Å². The predicted octanol–water partition coefficient (Wildman–Crippen LogP) is 0.878. The topological polar surface area (TPSA) is 132 Å². The van der Waals surface area contributed by atoms with Crippen molar-refractivity contribution in [2.45, 2.75) is 11.1 Å². The summed E-state index contributed by atoms with van der Waals surface area (Å²) in [5.74, 6) is -0.324. The van der Waals surface area contributed by atoms with Crippen LogP contribution in [-0.2, 0) is 14.8 Å². The maximum atomic E-state index is 12.4. The lowest BCUT2D eigenvalue weighted by molar-refractivity contribution is -0.114. The minimum atomic E-state index is -3.82. The van der Waals surface area contributed by atoms with E-state index in [1.54, 1.807) is 24.3 Å². The lowest BCUT2D eigenvalue weighted by Gasteiger charge is -2.07. The van der Waals surface area contributed by atoms with Gasteiger partial charge in [-0.3, -0.25) is 9.52 Å². The first-order chi connectivity index (χ1) is 11.4. The largest absolute Gasteiger partial charge is 0.302 e. The van der Waals surface area contributed by atoms with E-state index < -0.39 is 10.0 Å². The molecule has 0 atom stereocenters. The summed E-state index contributed by atoms with van der Waals surface area (Å²) >= 11 is 0.858. The second-order valence-corrected chi connectivity index (χ2v) is 7.52.